The quantitative estimate of drug-likeness (QED) is 0.190. The molecule has 0 aliphatic carbocycles. The number of nitro benzene ring substituents is 1. The average molecular weight is 582 g/mol. The lowest BCUT2D eigenvalue weighted by molar-refractivity contribution is -0.930. The third kappa shape index (κ3) is 8.12. The topological polar surface area (TPSA) is 105 Å². The molecule has 4 rings (SSSR count). The number of aryl methyl sites for hydroxylation is 1. The van der Waals surface area contributed by atoms with Gasteiger partial charge in [-0.25, -0.2) is 8.42 Å². The van der Waals surface area contributed by atoms with Crippen LogP contribution >= 0.6 is 0 Å². The first-order chi connectivity index (χ1) is 18.7. The van der Waals surface area contributed by atoms with E-state index in [0.29, 0.717) is 25.3 Å². The minimum atomic E-state index is -4.12. The van der Waals surface area contributed by atoms with E-state index < -0.39 is 21.1 Å². The molecule has 0 heterocycles. The van der Waals surface area contributed by atoms with Crippen LogP contribution < -0.4 is 21.6 Å². The summed E-state index contributed by atoms with van der Waals surface area (Å²) < 4.78 is 28.7. The van der Waals surface area contributed by atoms with E-state index in [9.17, 15) is 23.6 Å². The normalized spacial score (nSPS) is 12.0. The van der Waals surface area contributed by atoms with E-state index in [1.165, 1.54) is 28.6 Å². The van der Waals surface area contributed by atoms with Gasteiger partial charge in [-0.15, -0.1) is 0 Å². The molecule has 210 valence electrons. The molecule has 0 bridgehead atoms. The molecule has 10 heteroatoms. The van der Waals surface area contributed by atoms with E-state index in [1.807, 2.05) is 79.7 Å². The summed E-state index contributed by atoms with van der Waals surface area (Å²) in [5.74, 6) is 0. The molecule has 0 aliphatic heterocycles. The SMILES string of the molecule is Cc1ccc(N(CC(O)C[NH+](Cc2ccccc2)Cc2ccccc2)S(=O)(=O)c2ccc([N+](=O)[O-])cc2)cc1.[Cl-]. The molecule has 0 fully saturated rings. The van der Waals surface area contributed by atoms with Crippen molar-refractivity contribution in [3.8, 4) is 0 Å². The number of benzene rings is 4. The van der Waals surface area contributed by atoms with Crippen molar-refractivity contribution in [2.45, 2.75) is 31.0 Å². The van der Waals surface area contributed by atoms with Crippen LogP contribution in [0.4, 0.5) is 11.4 Å². The van der Waals surface area contributed by atoms with Gasteiger partial charge in [0.05, 0.1) is 22.1 Å². The number of hydrogen-bond donors (Lipinski definition) is 2. The van der Waals surface area contributed by atoms with Crippen molar-refractivity contribution in [1.82, 2.24) is 0 Å². The number of halogens is 1. The number of nitrogens with one attached hydrogen (secondary N) is 1. The van der Waals surface area contributed by atoms with Crippen molar-refractivity contribution in [3.05, 3.63) is 136 Å². The second-order valence-corrected chi connectivity index (χ2v) is 11.4. The minimum absolute atomic E-state index is 0. The Hall–Kier alpha value is -3.76. The van der Waals surface area contributed by atoms with Crippen molar-refractivity contribution in [3.63, 3.8) is 0 Å². The molecule has 4 aromatic rings. The largest absolute Gasteiger partial charge is 1.00 e. The number of sulfonamides is 1. The summed E-state index contributed by atoms with van der Waals surface area (Å²) in [5, 5.41) is 22.3. The number of anilines is 1. The molecule has 0 saturated carbocycles. The second-order valence-electron chi connectivity index (χ2n) is 9.56. The van der Waals surface area contributed by atoms with Crippen molar-refractivity contribution in [1.29, 1.82) is 0 Å². The number of non-ortho nitro benzene ring substituents is 1. The number of nitro groups is 1. The summed E-state index contributed by atoms with van der Waals surface area (Å²) >= 11 is 0. The van der Waals surface area contributed by atoms with Gasteiger partial charge in [0, 0.05) is 23.3 Å². The molecule has 40 heavy (non-hydrogen) atoms. The molecule has 2 N–H and O–H groups in total. The van der Waals surface area contributed by atoms with E-state index in [1.54, 1.807) is 12.1 Å². The zero-order chi connectivity index (χ0) is 27.8. The summed E-state index contributed by atoms with van der Waals surface area (Å²) in [6.07, 6.45) is -0.985. The Morgan fingerprint density at radius 2 is 1.32 bits per heavy atom. The molecule has 0 saturated heterocycles. The third-order valence-electron chi connectivity index (χ3n) is 6.45. The maximum Gasteiger partial charge on any atom is 0.269 e. The van der Waals surface area contributed by atoms with Crippen LogP contribution in [0.1, 0.15) is 16.7 Å². The predicted octanol–water partition coefficient (Wildman–Crippen LogP) is 0.749. The molecule has 1 unspecified atom stereocenters. The minimum Gasteiger partial charge on any atom is -1.00 e. The van der Waals surface area contributed by atoms with Gasteiger partial charge in [-0.1, -0.05) is 78.4 Å². The molecule has 8 nitrogen and oxygen atoms in total. The fourth-order valence-electron chi connectivity index (χ4n) is 4.49. The maximum absolute atomic E-state index is 13.7. The van der Waals surface area contributed by atoms with Crippen LogP contribution in [0.3, 0.4) is 0 Å². The summed E-state index contributed by atoms with van der Waals surface area (Å²) in [6.45, 7) is 3.36. The lowest BCUT2D eigenvalue weighted by Crippen LogP contribution is -3.10. The second kappa shape index (κ2) is 14.0. The van der Waals surface area contributed by atoms with Crippen LogP contribution in [0.25, 0.3) is 0 Å². The summed E-state index contributed by atoms with van der Waals surface area (Å²) in [4.78, 5) is 11.5. The Bertz CT molecular complexity index is 1430. The highest BCUT2D eigenvalue weighted by atomic mass is 35.5. The van der Waals surface area contributed by atoms with Crippen LogP contribution in [0.5, 0.6) is 0 Å². The van der Waals surface area contributed by atoms with Gasteiger partial charge < -0.3 is 22.4 Å². The lowest BCUT2D eigenvalue weighted by Gasteiger charge is -2.29. The molecule has 0 aliphatic rings. The maximum atomic E-state index is 13.7. The number of nitrogens with zero attached hydrogens (tertiary/aromatic N) is 2. The van der Waals surface area contributed by atoms with E-state index in [0.717, 1.165) is 21.6 Å². The van der Waals surface area contributed by atoms with E-state index >= 15 is 0 Å². The predicted molar refractivity (Wildman–Crippen MR) is 151 cm³/mol. The summed E-state index contributed by atoms with van der Waals surface area (Å²) in [5.41, 5.74) is 3.41. The van der Waals surface area contributed by atoms with Crippen LogP contribution in [0, 0.1) is 17.0 Å². The molecule has 4 aromatic carbocycles. The first-order valence-electron chi connectivity index (χ1n) is 12.7. The summed E-state index contributed by atoms with van der Waals surface area (Å²) in [6, 6.07) is 31.8. The van der Waals surface area contributed by atoms with Gasteiger partial charge in [0.2, 0.25) is 0 Å². The van der Waals surface area contributed by atoms with Crippen LogP contribution in [-0.2, 0) is 23.1 Å². The van der Waals surface area contributed by atoms with E-state index in [4.69, 9.17) is 0 Å². The molecule has 0 spiro atoms. The highest BCUT2D eigenvalue weighted by molar-refractivity contribution is 7.92. The smallest absolute Gasteiger partial charge is 0.269 e. The molecule has 0 radical (unpaired) electrons. The fourth-order valence-corrected chi connectivity index (χ4v) is 5.99. The van der Waals surface area contributed by atoms with Gasteiger partial charge in [-0.2, -0.15) is 0 Å². The Balaban J connectivity index is 0.00000441. The summed E-state index contributed by atoms with van der Waals surface area (Å²) in [7, 11) is -4.12. The number of quaternary nitrogens is 1. The molecular formula is C30H32ClN3O5S. The van der Waals surface area contributed by atoms with E-state index in [2.05, 4.69) is 0 Å². The zero-order valence-corrected chi connectivity index (χ0v) is 23.6. The fraction of sp³-hybridized carbons (Fsp3) is 0.200. The van der Waals surface area contributed by atoms with Crippen molar-refractivity contribution >= 4 is 21.4 Å². The van der Waals surface area contributed by atoms with Gasteiger partial charge in [-0.3, -0.25) is 14.4 Å². The van der Waals surface area contributed by atoms with Gasteiger partial charge >= 0.3 is 0 Å². The van der Waals surface area contributed by atoms with Crippen molar-refractivity contribution in [2.75, 3.05) is 17.4 Å². The molecule has 1 atom stereocenters. The highest BCUT2D eigenvalue weighted by Crippen LogP contribution is 2.26. The van der Waals surface area contributed by atoms with Crippen molar-refractivity contribution in [2.24, 2.45) is 0 Å². The standard InChI is InChI=1S/C30H31N3O5S.ClH/c1-24-12-14-27(15-13-24)32(39(37,38)30-18-16-28(17-19-30)33(35)36)23-29(34)22-31(20-25-8-4-2-5-9-25)21-26-10-6-3-7-11-26;/h2-19,29,34H,20-23H2,1H3;1H. The average Bonchev–Trinajstić information content (AvgIpc) is 2.93. The molecular weight excluding hydrogens is 550 g/mol. The first-order valence-corrected chi connectivity index (χ1v) is 14.1. The monoisotopic (exact) mass is 581 g/mol. The van der Waals surface area contributed by atoms with E-state index in [-0.39, 0.29) is 29.5 Å². The van der Waals surface area contributed by atoms with Crippen LogP contribution in [0.2, 0.25) is 0 Å². The van der Waals surface area contributed by atoms with Crippen LogP contribution in [-0.4, -0.2) is 37.6 Å². The number of rotatable bonds is 12. The molecule has 0 aromatic heterocycles. The third-order valence-corrected chi connectivity index (χ3v) is 8.26. The Kier molecular flexibility index (Phi) is 10.8. The van der Waals surface area contributed by atoms with Crippen molar-refractivity contribution < 1.29 is 35.8 Å². The number of hydrogen-bond acceptors (Lipinski definition) is 5. The van der Waals surface area contributed by atoms with Crippen LogP contribution in [0.15, 0.2) is 114 Å². The first kappa shape index (κ1) is 30.8. The molecule has 0 amide bonds. The van der Waals surface area contributed by atoms with Gasteiger partial charge in [0.1, 0.15) is 25.7 Å². The highest BCUT2D eigenvalue weighted by Gasteiger charge is 2.29. The number of aliphatic hydroxyl groups is 1. The Morgan fingerprint density at radius 1 is 0.825 bits per heavy atom. The number of aliphatic hydroxyl groups excluding tert-OH is 1. The Labute approximate surface area is 241 Å². The lowest BCUT2D eigenvalue weighted by atomic mass is 10.1. The zero-order valence-electron chi connectivity index (χ0n) is 22.1. The Morgan fingerprint density at radius 3 is 1.80 bits per heavy atom. The van der Waals surface area contributed by atoms with Gasteiger partial charge in [0.15, 0.2) is 0 Å². The van der Waals surface area contributed by atoms with Gasteiger partial charge in [0.25, 0.3) is 15.7 Å². The van der Waals surface area contributed by atoms with Gasteiger partial charge in [-0.05, 0) is 31.2 Å².